The smallest absolute Gasteiger partial charge is 0.129 e. The van der Waals surface area contributed by atoms with Crippen molar-refractivity contribution in [1.29, 1.82) is 0 Å². The highest BCUT2D eigenvalue weighted by molar-refractivity contribution is 5.85. The Kier molecular flexibility index (Phi) is 5.23. The quantitative estimate of drug-likeness (QED) is 0.789. The van der Waals surface area contributed by atoms with Crippen LogP contribution in [0, 0.1) is 11.8 Å². The fourth-order valence-corrected chi connectivity index (χ4v) is 4.97. The van der Waals surface area contributed by atoms with Crippen LogP contribution in [0.4, 0.5) is 0 Å². The molecule has 2 heterocycles. The van der Waals surface area contributed by atoms with Crippen LogP contribution in [0.3, 0.4) is 0 Å². The summed E-state index contributed by atoms with van der Waals surface area (Å²) in [6, 6.07) is 9.11. The van der Waals surface area contributed by atoms with Crippen molar-refractivity contribution in [2.75, 3.05) is 13.1 Å². The number of piperidine rings is 1. The Balaban J connectivity index is 1.35. The molecule has 1 unspecified atom stereocenters. The summed E-state index contributed by atoms with van der Waals surface area (Å²) < 4.78 is 8.61. The van der Waals surface area contributed by atoms with Crippen LogP contribution in [0.1, 0.15) is 43.4 Å². The molecule has 0 radical (unpaired) electrons. The minimum atomic E-state index is 0.367. The number of hydrogen-bond acceptors (Lipinski definition) is 3. The largest absolute Gasteiger partial charge is 0.488 e. The lowest BCUT2D eigenvalue weighted by Gasteiger charge is -2.30. The zero-order valence-electron chi connectivity index (χ0n) is 17.5. The van der Waals surface area contributed by atoms with Gasteiger partial charge in [-0.25, -0.2) is 0 Å². The van der Waals surface area contributed by atoms with E-state index < -0.39 is 0 Å². The summed E-state index contributed by atoms with van der Waals surface area (Å²) in [5.74, 6) is 2.69. The first-order chi connectivity index (χ1) is 14.2. The van der Waals surface area contributed by atoms with Crippen LogP contribution >= 0.6 is 0 Å². The van der Waals surface area contributed by atoms with E-state index in [0.717, 1.165) is 56.5 Å². The molecule has 4 heteroatoms. The number of nitrogens with two attached hydrogens (primary N) is 1. The topological polar surface area (TPSA) is 43.4 Å². The maximum atomic E-state index is 6.29. The van der Waals surface area contributed by atoms with E-state index in [9.17, 15) is 0 Å². The van der Waals surface area contributed by atoms with Crippen molar-refractivity contribution in [3.63, 3.8) is 0 Å². The van der Waals surface area contributed by atoms with Crippen LogP contribution in [-0.2, 0) is 24.9 Å². The van der Waals surface area contributed by atoms with Gasteiger partial charge in [0.25, 0.3) is 0 Å². The number of rotatable bonds is 6. The number of para-hydroxylation sites is 1. The predicted octanol–water partition coefficient (Wildman–Crippen LogP) is 4.49. The van der Waals surface area contributed by atoms with Crippen molar-refractivity contribution >= 4 is 10.9 Å². The Bertz CT molecular complexity index is 929. The third-order valence-corrected chi connectivity index (χ3v) is 7.06. The molecule has 1 atom stereocenters. The lowest BCUT2D eigenvalue weighted by atomic mass is 9.95. The third kappa shape index (κ3) is 4.01. The Morgan fingerprint density at radius 3 is 2.62 bits per heavy atom. The second kappa shape index (κ2) is 8.00. The molecule has 1 saturated carbocycles. The van der Waals surface area contributed by atoms with Gasteiger partial charge < -0.3 is 15.0 Å². The van der Waals surface area contributed by atoms with E-state index in [0.29, 0.717) is 12.6 Å². The first-order valence-corrected chi connectivity index (χ1v) is 11.2. The van der Waals surface area contributed by atoms with Crippen LogP contribution in [0.2, 0.25) is 0 Å². The summed E-state index contributed by atoms with van der Waals surface area (Å²) >= 11 is 0. The minimum Gasteiger partial charge on any atom is -0.488 e. The van der Waals surface area contributed by atoms with E-state index >= 15 is 0 Å². The molecule has 1 aliphatic heterocycles. The molecule has 1 aromatic carbocycles. The molecule has 29 heavy (non-hydrogen) atoms. The molecule has 1 aromatic heterocycles. The number of likely N-dealkylation sites (tertiary alicyclic amines) is 1. The molecule has 2 fully saturated rings. The van der Waals surface area contributed by atoms with Gasteiger partial charge in [-0.1, -0.05) is 24.3 Å². The van der Waals surface area contributed by atoms with Gasteiger partial charge in [0, 0.05) is 30.5 Å². The molecule has 0 spiro atoms. The van der Waals surface area contributed by atoms with E-state index in [1.807, 2.05) is 0 Å². The molecule has 2 aromatic rings. The fourth-order valence-electron chi connectivity index (χ4n) is 4.97. The monoisotopic (exact) mass is 391 g/mol. The van der Waals surface area contributed by atoms with Crippen molar-refractivity contribution in [2.24, 2.45) is 24.6 Å². The fraction of sp³-hybridized carbons (Fsp3) is 0.520. The van der Waals surface area contributed by atoms with Gasteiger partial charge in [-0.3, -0.25) is 4.90 Å². The van der Waals surface area contributed by atoms with E-state index in [2.05, 4.69) is 59.0 Å². The molecule has 2 N–H and O–H groups in total. The van der Waals surface area contributed by atoms with Crippen molar-refractivity contribution in [2.45, 2.75) is 51.3 Å². The first-order valence-electron chi connectivity index (χ1n) is 11.2. The van der Waals surface area contributed by atoms with Gasteiger partial charge in [0.1, 0.15) is 12.4 Å². The summed E-state index contributed by atoms with van der Waals surface area (Å²) in [5, 5.41) is 1.35. The number of ether oxygens (including phenoxy) is 1. The van der Waals surface area contributed by atoms with E-state index in [4.69, 9.17) is 10.5 Å². The van der Waals surface area contributed by atoms with Gasteiger partial charge in [-0.05, 0) is 80.8 Å². The molecule has 1 saturated heterocycles. The molecule has 0 amide bonds. The normalized spacial score (nSPS) is 23.5. The first kappa shape index (κ1) is 19.0. The maximum Gasteiger partial charge on any atom is 0.129 e. The third-order valence-electron chi connectivity index (χ3n) is 7.06. The zero-order valence-corrected chi connectivity index (χ0v) is 17.5. The maximum absolute atomic E-state index is 6.29. The van der Waals surface area contributed by atoms with E-state index in [-0.39, 0.29) is 0 Å². The van der Waals surface area contributed by atoms with Crippen LogP contribution in [0.25, 0.3) is 10.9 Å². The van der Waals surface area contributed by atoms with Crippen molar-refractivity contribution in [3.05, 3.63) is 59.5 Å². The van der Waals surface area contributed by atoms with Gasteiger partial charge in [0.05, 0.1) is 5.69 Å². The molecule has 3 aliphatic rings. The Morgan fingerprint density at radius 1 is 1.10 bits per heavy atom. The van der Waals surface area contributed by atoms with Crippen LogP contribution in [0.5, 0.6) is 0 Å². The standard InChI is InChI=1S/C25H33N3O/c1-27-24-5-3-2-4-22(24)23(16-28-14-12-20(26)13-15-28)25(27)17-29-21-10-8-19(9-11-21)18-6-7-18/h2-5,8,10-11,18-20H,6-7,9,12-17,26H2,1H3. The van der Waals surface area contributed by atoms with Crippen molar-refractivity contribution in [1.82, 2.24) is 9.47 Å². The molecule has 0 bridgehead atoms. The molecular formula is C25H33N3O. The Labute approximate surface area is 174 Å². The van der Waals surface area contributed by atoms with Gasteiger partial charge in [-0.15, -0.1) is 0 Å². The van der Waals surface area contributed by atoms with E-state index in [1.54, 1.807) is 0 Å². The highest BCUT2D eigenvalue weighted by Crippen LogP contribution is 2.41. The molecule has 4 nitrogen and oxygen atoms in total. The highest BCUT2D eigenvalue weighted by atomic mass is 16.5. The zero-order chi connectivity index (χ0) is 19.8. The molecule has 154 valence electrons. The predicted molar refractivity (Wildman–Crippen MR) is 118 cm³/mol. The number of aryl methyl sites for hydroxylation is 1. The van der Waals surface area contributed by atoms with Crippen molar-refractivity contribution < 1.29 is 4.74 Å². The second-order valence-electron chi connectivity index (χ2n) is 9.11. The summed E-state index contributed by atoms with van der Waals surface area (Å²) in [4.78, 5) is 2.55. The number of fused-ring (bicyclic) bond motifs is 1. The number of benzene rings is 1. The number of allylic oxidation sites excluding steroid dienone is 3. The summed E-state index contributed by atoms with van der Waals surface area (Å²) in [5.41, 5.74) is 10.1. The number of hydrogen-bond donors (Lipinski definition) is 1. The molecular weight excluding hydrogens is 358 g/mol. The Morgan fingerprint density at radius 2 is 1.90 bits per heavy atom. The van der Waals surface area contributed by atoms with Crippen LogP contribution in [-0.4, -0.2) is 28.6 Å². The lowest BCUT2D eigenvalue weighted by molar-refractivity contribution is 0.190. The summed E-state index contributed by atoms with van der Waals surface area (Å²) in [7, 11) is 2.17. The minimum absolute atomic E-state index is 0.367. The summed E-state index contributed by atoms with van der Waals surface area (Å²) in [6.07, 6.45) is 13.0. The van der Waals surface area contributed by atoms with Crippen LogP contribution < -0.4 is 5.73 Å². The highest BCUT2D eigenvalue weighted by Gasteiger charge is 2.30. The average molecular weight is 392 g/mol. The number of nitrogens with zero attached hydrogens (tertiary/aromatic N) is 2. The van der Waals surface area contributed by atoms with Crippen LogP contribution in [0.15, 0.2) is 48.3 Å². The SMILES string of the molecule is Cn1c(COC2=CCC(C3CC3)C=C2)c(CN2CCC(N)CC2)c2ccccc21. The van der Waals surface area contributed by atoms with Gasteiger partial charge in [0.2, 0.25) is 0 Å². The average Bonchev–Trinajstić information content (AvgIpc) is 3.56. The van der Waals surface area contributed by atoms with E-state index in [1.165, 1.54) is 35.0 Å². The van der Waals surface area contributed by atoms with Gasteiger partial charge >= 0.3 is 0 Å². The number of aromatic nitrogens is 1. The Hall–Kier alpha value is -2.04. The lowest BCUT2D eigenvalue weighted by Crippen LogP contribution is -2.39. The second-order valence-corrected chi connectivity index (χ2v) is 9.11. The molecule has 5 rings (SSSR count). The van der Waals surface area contributed by atoms with Crippen molar-refractivity contribution in [3.8, 4) is 0 Å². The van der Waals surface area contributed by atoms with Gasteiger partial charge in [-0.2, -0.15) is 0 Å². The molecule has 2 aliphatic carbocycles. The summed E-state index contributed by atoms with van der Waals surface area (Å²) in [6.45, 7) is 3.77. The van der Waals surface area contributed by atoms with Gasteiger partial charge in [0.15, 0.2) is 0 Å².